The van der Waals surface area contributed by atoms with E-state index in [9.17, 15) is 14.7 Å². The predicted octanol–water partition coefficient (Wildman–Crippen LogP) is 2.76. The van der Waals surface area contributed by atoms with E-state index in [-0.39, 0.29) is 11.3 Å². The van der Waals surface area contributed by atoms with Crippen molar-refractivity contribution in [1.82, 2.24) is 14.8 Å². The summed E-state index contributed by atoms with van der Waals surface area (Å²) >= 11 is 0. The molecular weight excluding hydrogens is 354 g/mol. The van der Waals surface area contributed by atoms with Gasteiger partial charge in [-0.3, -0.25) is 14.6 Å². The average Bonchev–Trinajstić information content (AvgIpc) is 2.93. The van der Waals surface area contributed by atoms with Gasteiger partial charge in [-0.25, -0.2) is 0 Å². The van der Waals surface area contributed by atoms with E-state index < -0.39 is 17.7 Å². The summed E-state index contributed by atoms with van der Waals surface area (Å²) in [7, 11) is 3.92. The molecule has 2 aromatic rings. The second-order valence-electron chi connectivity index (χ2n) is 7.30. The molecule has 1 aromatic heterocycles. The van der Waals surface area contributed by atoms with Gasteiger partial charge in [0.05, 0.1) is 11.6 Å². The number of nitrogens with zero attached hydrogens (tertiary/aromatic N) is 3. The molecule has 1 aliphatic rings. The van der Waals surface area contributed by atoms with Gasteiger partial charge in [-0.2, -0.15) is 0 Å². The molecule has 0 saturated carbocycles. The Kier molecular flexibility index (Phi) is 5.90. The minimum absolute atomic E-state index is 0.117. The summed E-state index contributed by atoms with van der Waals surface area (Å²) in [6, 6.07) is 10.2. The average molecular weight is 379 g/mol. The zero-order chi connectivity index (χ0) is 20.3. The maximum atomic E-state index is 12.8. The highest BCUT2D eigenvalue weighted by Gasteiger charge is 2.45. The monoisotopic (exact) mass is 379 g/mol. The van der Waals surface area contributed by atoms with Gasteiger partial charge < -0.3 is 14.9 Å². The zero-order valence-corrected chi connectivity index (χ0v) is 16.4. The molecule has 1 fully saturated rings. The number of amides is 1. The fourth-order valence-electron chi connectivity index (χ4n) is 3.42. The number of aryl methyl sites for hydroxylation is 1. The molecule has 28 heavy (non-hydrogen) atoms. The van der Waals surface area contributed by atoms with Crippen LogP contribution in [0, 0.1) is 6.92 Å². The summed E-state index contributed by atoms with van der Waals surface area (Å²) in [5.41, 5.74) is 2.39. The van der Waals surface area contributed by atoms with Gasteiger partial charge in [0.2, 0.25) is 0 Å². The molecule has 6 heteroatoms. The lowest BCUT2D eigenvalue weighted by Crippen LogP contribution is -2.32. The van der Waals surface area contributed by atoms with Crippen LogP contribution in [0.15, 0.2) is 54.4 Å². The summed E-state index contributed by atoms with van der Waals surface area (Å²) < 4.78 is 0. The maximum Gasteiger partial charge on any atom is 0.295 e. The Morgan fingerprint density at radius 3 is 2.50 bits per heavy atom. The van der Waals surface area contributed by atoms with Gasteiger partial charge >= 0.3 is 0 Å². The van der Waals surface area contributed by atoms with Crippen molar-refractivity contribution in [3.05, 3.63) is 71.1 Å². The lowest BCUT2D eigenvalue weighted by Gasteiger charge is -2.25. The van der Waals surface area contributed by atoms with E-state index in [0.717, 1.165) is 18.5 Å². The standard InChI is InChI=1S/C22H25N3O3/c1-15-7-9-16(10-8-15)20(26)18-19(17-6-4-11-23-14-17)25(22(28)21(18)27)13-5-12-24(2)3/h4,6-11,14,19,26H,5,12-13H2,1-3H3/t19-/m1/s1. The largest absolute Gasteiger partial charge is 0.507 e. The summed E-state index contributed by atoms with van der Waals surface area (Å²) in [4.78, 5) is 33.3. The first-order chi connectivity index (χ1) is 13.4. The summed E-state index contributed by atoms with van der Waals surface area (Å²) in [6.45, 7) is 3.16. The first-order valence-corrected chi connectivity index (χ1v) is 9.30. The number of hydrogen-bond donors (Lipinski definition) is 1. The third-order valence-electron chi connectivity index (χ3n) is 4.87. The summed E-state index contributed by atoms with van der Waals surface area (Å²) in [6.07, 6.45) is 4.00. The second-order valence-corrected chi connectivity index (χ2v) is 7.30. The number of aromatic nitrogens is 1. The third-order valence-corrected chi connectivity index (χ3v) is 4.87. The number of hydrogen-bond acceptors (Lipinski definition) is 5. The topological polar surface area (TPSA) is 73.7 Å². The van der Waals surface area contributed by atoms with E-state index in [1.165, 1.54) is 0 Å². The van der Waals surface area contributed by atoms with Gasteiger partial charge in [-0.05, 0) is 45.6 Å². The molecule has 1 atom stereocenters. The number of aliphatic hydroxyl groups excluding tert-OH is 1. The molecule has 1 aliphatic heterocycles. The Labute approximate surface area is 165 Å². The summed E-state index contributed by atoms with van der Waals surface area (Å²) in [5, 5.41) is 10.9. The Hall–Kier alpha value is -2.99. The van der Waals surface area contributed by atoms with Crippen molar-refractivity contribution in [3.8, 4) is 0 Å². The Morgan fingerprint density at radius 2 is 1.89 bits per heavy atom. The van der Waals surface area contributed by atoms with Gasteiger partial charge in [0, 0.05) is 24.5 Å². The van der Waals surface area contributed by atoms with Gasteiger partial charge in [0.25, 0.3) is 11.7 Å². The molecule has 2 heterocycles. The van der Waals surface area contributed by atoms with Crippen LogP contribution in [-0.2, 0) is 9.59 Å². The van der Waals surface area contributed by atoms with E-state index in [1.54, 1.807) is 35.5 Å². The molecular formula is C22H25N3O3. The molecule has 1 amide bonds. The van der Waals surface area contributed by atoms with Crippen LogP contribution in [-0.4, -0.2) is 58.8 Å². The first kappa shape index (κ1) is 19.8. The van der Waals surface area contributed by atoms with Crippen LogP contribution < -0.4 is 0 Å². The molecule has 3 rings (SSSR count). The van der Waals surface area contributed by atoms with Crippen LogP contribution in [0.2, 0.25) is 0 Å². The Balaban J connectivity index is 2.06. The molecule has 0 spiro atoms. The quantitative estimate of drug-likeness (QED) is 0.475. The van der Waals surface area contributed by atoms with Crippen molar-refractivity contribution in [1.29, 1.82) is 0 Å². The number of rotatable bonds is 6. The van der Waals surface area contributed by atoms with Crippen LogP contribution in [0.5, 0.6) is 0 Å². The van der Waals surface area contributed by atoms with E-state index in [2.05, 4.69) is 4.98 Å². The number of carbonyl (C=O) groups excluding carboxylic acids is 2. The van der Waals surface area contributed by atoms with Crippen molar-refractivity contribution in [2.24, 2.45) is 0 Å². The fraction of sp³-hybridized carbons (Fsp3) is 0.318. The number of carbonyl (C=O) groups is 2. The number of likely N-dealkylation sites (tertiary alicyclic amines) is 1. The highest BCUT2D eigenvalue weighted by molar-refractivity contribution is 6.46. The lowest BCUT2D eigenvalue weighted by molar-refractivity contribution is -0.139. The molecule has 1 N–H and O–H groups in total. The number of ketones is 1. The van der Waals surface area contributed by atoms with E-state index in [4.69, 9.17) is 0 Å². The van der Waals surface area contributed by atoms with Crippen molar-refractivity contribution >= 4 is 17.4 Å². The number of benzene rings is 1. The lowest BCUT2D eigenvalue weighted by atomic mass is 9.96. The third kappa shape index (κ3) is 3.97. The normalized spacial score (nSPS) is 18.9. The van der Waals surface area contributed by atoms with Crippen LogP contribution in [0.4, 0.5) is 0 Å². The molecule has 6 nitrogen and oxygen atoms in total. The number of aliphatic hydroxyl groups is 1. The SMILES string of the molecule is Cc1ccc(C(O)=C2C(=O)C(=O)N(CCCN(C)C)[C@@H]2c2cccnc2)cc1. The highest BCUT2D eigenvalue weighted by atomic mass is 16.3. The van der Waals surface area contributed by atoms with Crippen LogP contribution in [0.25, 0.3) is 5.76 Å². The molecule has 0 bridgehead atoms. The minimum Gasteiger partial charge on any atom is -0.507 e. The van der Waals surface area contributed by atoms with Crippen LogP contribution in [0.3, 0.4) is 0 Å². The predicted molar refractivity (Wildman–Crippen MR) is 108 cm³/mol. The maximum absolute atomic E-state index is 12.8. The number of pyridine rings is 1. The van der Waals surface area contributed by atoms with Crippen molar-refractivity contribution in [3.63, 3.8) is 0 Å². The van der Waals surface area contributed by atoms with Gasteiger partial charge in [-0.15, -0.1) is 0 Å². The molecule has 0 aliphatic carbocycles. The molecule has 146 valence electrons. The number of Topliss-reactive ketones (excluding diaryl/α,β-unsaturated/α-hetero) is 1. The zero-order valence-electron chi connectivity index (χ0n) is 16.4. The van der Waals surface area contributed by atoms with Crippen LogP contribution >= 0.6 is 0 Å². The molecule has 0 unspecified atom stereocenters. The van der Waals surface area contributed by atoms with Crippen molar-refractivity contribution in [2.75, 3.05) is 27.2 Å². The van der Waals surface area contributed by atoms with E-state index in [0.29, 0.717) is 17.7 Å². The first-order valence-electron chi connectivity index (χ1n) is 9.30. The van der Waals surface area contributed by atoms with E-state index in [1.807, 2.05) is 44.1 Å². The second kappa shape index (κ2) is 8.35. The van der Waals surface area contributed by atoms with Gasteiger partial charge in [-0.1, -0.05) is 35.9 Å². The summed E-state index contributed by atoms with van der Waals surface area (Å²) in [5.74, 6) is -1.39. The van der Waals surface area contributed by atoms with Gasteiger partial charge in [0.1, 0.15) is 5.76 Å². The van der Waals surface area contributed by atoms with E-state index >= 15 is 0 Å². The Bertz CT molecular complexity index is 889. The molecule has 1 saturated heterocycles. The fourth-order valence-corrected chi connectivity index (χ4v) is 3.42. The highest BCUT2D eigenvalue weighted by Crippen LogP contribution is 2.39. The minimum atomic E-state index is -0.656. The van der Waals surface area contributed by atoms with Crippen molar-refractivity contribution in [2.45, 2.75) is 19.4 Å². The Morgan fingerprint density at radius 1 is 1.18 bits per heavy atom. The molecule has 0 radical (unpaired) electrons. The molecule has 1 aromatic carbocycles. The smallest absolute Gasteiger partial charge is 0.295 e. The van der Waals surface area contributed by atoms with Crippen molar-refractivity contribution < 1.29 is 14.7 Å². The van der Waals surface area contributed by atoms with Gasteiger partial charge in [0.15, 0.2) is 0 Å². The van der Waals surface area contributed by atoms with Crippen LogP contribution in [0.1, 0.15) is 29.2 Å².